The number of ether oxygens (including phenoxy) is 1. The molecule has 0 unspecified atom stereocenters. The number of carbonyl (C=O) groups excluding carboxylic acids is 3. The van der Waals surface area contributed by atoms with Gasteiger partial charge in [-0.05, 0) is 25.7 Å². The van der Waals surface area contributed by atoms with Crippen LogP contribution < -0.4 is 5.32 Å². The van der Waals surface area contributed by atoms with Crippen molar-refractivity contribution in [2.75, 3.05) is 20.2 Å². The molecule has 2 amide bonds. The minimum absolute atomic E-state index is 0.00836. The van der Waals surface area contributed by atoms with E-state index >= 15 is 0 Å². The molecule has 2 rings (SSSR count). The fourth-order valence-corrected chi connectivity index (χ4v) is 3.25. The van der Waals surface area contributed by atoms with Crippen LogP contribution in [0.5, 0.6) is 0 Å². The minimum Gasteiger partial charge on any atom is -0.469 e. The summed E-state index contributed by atoms with van der Waals surface area (Å²) in [4.78, 5) is 36.9. The second kappa shape index (κ2) is 8.15. The Balaban J connectivity index is 1.67. The summed E-state index contributed by atoms with van der Waals surface area (Å²) in [6, 6.07) is 0.178. The Kier molecular flexibility index (Phi) is 6.21. The van der Waals surface area contributed by atoms with E-state index in [9.17, 15) is 14.4 Å². The molecule has 1 aliphatic heterocycles. The molecule has 0 aromatic rings. The van der Waals surface area contributed by atoms with Crippen LogP contribution in [0.2, 0.25) is 0 Å². The average molecular weight is 310 g/mol. The van der Waals surface area contributed by atoms with E-state index in [1.807, 2.05) is 0 Å². The Labute approximate surface area is 131 Å². The van der Waals surface area contributed by atoms with Gasteiger partial charge >= 0.3 is 5.97 Å². The van der Waals surface area contributed by atoms with Crippen molar-refractivity contribution in [1.29, 1.82) is 0 Å². The number of rotatable bonds is 5. The quantitative estimate of drug-likeness (QED) is 0.775. The van der Waals surface area contributed by atoms with Gasteiger partial charge in [-0.15, -0.1) is 0 Å². The summed E-state index contributed by atoms with van der Waals surface area (Å²) in [7, 11) is 1.32. The number of nitrogens with zero attached hydrogens (tertiary/aromatic N) is 1. The number of amides is 2. The van der Waals surface area contributed by atoms with Crippen LogP contribution in [0.1, 0.15) is 51.4 Å². The zero-order valence-corrected chi connectivity index (χ0v) is 13.3. The van der Waals surface area contributed by atoms with Crippen LogP contribution in [0.25, 0.3) is 0 Å². The fourth-order valence-electron chi connectivity index (χ4n) is 3.25. The zero-order chi connectivity index (χ0) is 15.9. The molecule has 2 fully saturated rings. The molecule has 0 bridgehead atoms. The van der Waals surface area contributed by atoms with Crippen LogP contribution in [0.4, 0.5) is 0 Å². The predicted molar refractivity (Wildman–Crippen MR) is 81.0 cm³/mol. The molecule has 0 aromatic heterocycles. The molecule has 1 heterocycles. The normalized spacial score (nSPS) is 20.0. The second-order valence-corrected chi connectivity index (χ2v) is 6.22. The van der Waals surface area contributed by atoms with E-state index in [1.165, 1.54) is 7.11 Å². The van der Waals surface area contributed by atoms with Gasteiger partial charge in [-0.25, -0.2) is 0 Å². The van der Waals surface area contributed by atoms with Gasteiger partial charge in [0.1, 0.15) is 0 Å². The van der Waals surface area contributed by atoms with Crippen molar-refractivity contribution in [3.8, 4) is 0 Å². The maximum atomic E-state index is 12.1. The summed E-state index contributed by atoms with van der Waals surface area (Å²) in [5.74, 6) is 0.0192. The summed E-state index contributed by atoms with van der Waals surface area (Å²) >= 11 is 0. The number of piperidine rings is 1. The molecule has 22 heavy (non-hydrogen) atoms. The first kappa shape index (κ1) is 16.8. The fraction of sp³-hybridized carbons (Fsp3) is 0.812. The molecule has 124 valence electrons. The first-order valence-electron chi connectivity index (χ1n) is 8.25. The van der Waals surface area contributed by atoms with Crippen molar-refractivity contribution in [2.45, 2.75) is 57.4 Å². The van der Waals surface area contributed by atoms with E-state index < -0.39 is 0 Å². The van der Waals surface area contributed by atoms with Crippen LogP contribution in [-0.4, -0.2) is 48.9 Å². The first-order chi connectivity index (χ1) is 10.6. The Morgan fingerprint density at radius 1 is 1.05 bits per heavy atom. The molecule has 1 saturated heterocycles. The van der Waals surface area contributed by atoms with Crippen molar-refractivity contribution in [1.82, 2.24) is 10.2 Å². The highest BCUT2D eigenvalue weighted by Crippen LogP contribution is 2.25. The monoisotopic (exact) mass is 310 g/mol. The molecule has 1 aliphatic carbocycles. The third-order valence-electron chi connectivity index (χ3n) is 4.69. The van der Waals surface area contributed by atoms with E-state index in [0.29, 0.717) is 13.1 Å². The smallest absolute Gasteiger partial charge is 0.306 e. The van der Waals surface area contributed by atoms with Gasteiger partial charge in [0.15, 0.2) is 0 Å². The molecule has 6 heteroatoms. The average Bonchev–Trinajstić information content (AvgIpc) is 3.07. The summed E-state index contributed by atoms with van der Waals surface area (Å²) < 4.78 is 4.54. The standard InChI is InChI=1S/C16H26N2O4/c1-22-15(20)7-6-14(19)18-10-8-13(9-11-18)17-16(21)12-4-2-3-5-12/h12-13H,2-11H2,1H3,(H,17,21). The molecule has 6 nitrogen and oxygen atoms in total. The van der Waals surface area contributed by atoms with E-state index in [2.05, 4.69) is 10.1 Å². The van der Waals surface area contributed by atoms with Crippen LogP contribution >= 0.6 is 0 Å². The lowest BCUT2D eigenvalue weighted by molar-refractivity contribution is -0.144. The van der Waals surface area contributed by atoms with Gasteiger partial charge in [-0.2, -0.15) is 0 Å². The number of esters is 1. The number of hydrogen-bond acceptors (Lipinski definition) is 4. The topological polar surface area (TPSA) is 75.7 Å². The van der Waals surface area contributed by atoms with Crippen molar-refractivity contribution < 1.29 is 19.1 Å². The molecule has 0 aromatic carbocycles. The number of carbonyl (C=O) groups is 3. The van der Waals surface area contributed by atoms with Gasteiger partial charge < -0.3 is 15.0 Å². The molecule has 0 atom stereocenters. The van der Waals surface area contributed by atoms with Gasteiger partial charge in [0, 0.05) is 31.5 Å². The van der Waals surface area contributed by atoms with E-state index in [0.717, 1.165) is 38.5 Å². The molecule has 0 spiro atoms. The molecule has 2 aliphatic rings. The summed E-state index contributed by atoms with van der Waals surface area (Å²) in [6.45, 7) is 1.30. The summed E-state index contributed by atoms with van der Waals surface area (Å²) in [5, 5.41) is 3.13. The Bertz CT molecular complexity index is 410. The highest BCUT2D eigenvalue weighted by molar-refractivity contribution is 5.81. The van der Waals surface area contributed by atoms with Crippen LogP contribution in [0.15, 0.2) is 0 Å². The van der Waals surface area contributed by atoms with Gasteiger partial charge in [0.2, 0.25) is 11.8 Å². The summed E-state index contributed by atoms with van der Waals surface area (Å²) in [5.41, 5.74) is 0. The number of likely N-dealkylation sites (tertiary alicyclic amines) is 1. The highest BCUT2D eigenvalue weighted by Gasteiger charge is 2.27. The van der Waals surface area contributed by atoms with Crippen molar-refractivity contribution in [3.63, 3.8) is 0 Å². The van der Waals surface area contributed by atoms with E-state index in [1.54, 1.807) is 4.90 Å². The number of methoxy groups -OCH3 is 1. The van der Waals surface area contributed by atoms with Gasteiger partial charge in [-0.1, -0.05) is 12.8 Å². The third-order valence-corrected chi connectivity index (χ3v) is 4.69. The highest BCUT2D eigenvalue weighted by atomic mass is 16.5. The van der Waals surface area contributed by atoms with Gasteiger partial charge in [-0.3, -0.25) is 14.4 Å². The maximum Gasteiger partial charge on any atom is 0.306 e. The van der Waals surface area contributed by atoms with Crippen molar-refractivity contribution in [3.05, 3.63) is 0 Å². The molecule has 0 radical (unpaired) electrons. The largest absolute Gasteiger partial charge is 0.469 e. The Morgan fingerprint density at radius 3 is 2.27 bits per heavy atom. The second-order valence-electron chi connectivity index (χ2n) is 6.22. The first-order valence-corrected chi connectivity index (χ1v) is 8.25. The van der Waals surface area contributed by atoms with Crippen molar-refractivity contribution >= 4 is 17.8 Å². The van der Waals surface area contributed by atoms with Crippen LogP contribution in [-0.2, 0) is 19.1 Å². The third kappa shape index (κ3) is 4.71. The minimum atomic E-state index is -0.355. The lowest BCUT2D eigenvalue weighted by atomic mass is 10.0. The van der Waals surface area contributed by atoms with Gasteiger partial charge in [0.25, 0.3) is 0 Å². The Hall–Kier alpha value is -1.59. The zero-order valence-electron chi connectivity index (χ0n) is 13.3. The SMILES string of the molecule is COC(=O)CCC(=O)N1CCC(NC(=O)C2CCCC2)CC1. The molecular formula is C16H26N2O4. The van der Waals surface area contributed by atoms with E-state index in [-0.39, 0.29) is 42.6 Å². The van der Waals surface area contributed by atoms with Crippen LogP contribution in [0, 0.1) is 5.92 Å². The molecule has 1 N–H and O–H groups in total. The maximum absolute atomic E-state index is 12.1. The van der Waals surface area contributed by atoms with Crippen molar-refractivity contribution in [2.24, 2.45) is 5.92 Å². The number of nitrogens with one attached hydrogen (secondary N) is 1. The molecular weight excluding hydrogens is 284 g/mol. The lowest BCUT2D eigenvalue weighted by Crippen LogP contribution is -2.47. The number of hydrogen-bond donors (Lipinski definition) is 1. The molecule has 1 saturated carbocycles. The lowest BCUT2D eigenvalue weighted by Gasteiger charge is -2.33. The van der Waals surface area contributed by atoms with Crippen LogP contribution in [0.3, 0.4) is 0 Å². The summed E-state index contributed by atoms with van der Waals surface area (Å²) in [6.07, 6.45) is 6.26. The Morgan fingerprint density at radius 2 is 1.68 bits per heavy atom. The predicted octanol–water partition coefficient (Wildman–Crippen LogP) is 1.24. The van der Waals surface area contributed by atoms with Gasteiger partial charge in [0.05, 0.1) is 13.5 Å². The van der Waals surface area contributed by atoms with E-state index in [4.69, 9.17) is 0 Å².